The fraction of sp³-hybridized carbons (Fsp3) is 0.240. The molecule has 2 aliphatic heterocycles. The van der Waals surface area contributed by atoms with Gasteiger partial charge in [0, 0.05) is 61.4 Å². The number of amides is 1. The molecule has 0 radical (unpaired) electrons. The Hall–Kier alpha value is -3.91. The molecule has 8 nitrogen and oxygen atoms in total. The molecule has 2 aromatic heterocycles. The Balaban J connectivity index is 1.31. The summed E-state index contributed by atoms with van der Waals surface area (Å²) in [5.74, 6) is 0.763. The van der Waals surface area contributed by atoms with Crippen LogP contribution in [0.3, 0.4) is 0 Å². The van der Waals surface area contributed by atoms with Crippen LogP contribution in [0.1, 0.15) is 12.5 Å². The monoisotopic (exact) mass is 440 g/mol. The van der Waals surface area contributed by atoms with E-state index in [2.05, 4.69) is 15.2 Å². The van der Waals surface area contributed by atoms with Crippen molar-refractivity contribution in [2.45, 2.75) is 18.9 Å². The van der Waals surface area contributed by atoms with Gasteiger partial charge in [-0.05, 0) is 48.9 Å². The average molecular weight is 441 g/mol. The molecule has 0 unspecified atom stereocenters. The first-order valence-electron chi connectivity index (χ1n) is 10.9. The number of nitrogens with zero attached hydrogens (tertiary/aromatic N) is 5. The topological polar surface area (TPSA) is 86.0 Å². The molecule has 2 aromatic carbocycles. The zero-order valence-corrected chi connectivity index (χ0v) is 18.5. The molecule has 166 valence electrons. The van der Waals surface area contributed by atoms with Gasteiger partial charge in [-0.2, -0.15) is 0 Å². The van der Waals surface area contributed by atoms with Crippen molar-refractivity contribution in [3.63, 3.8) is 0 Å². The first kappa shape index (κ1) is 19.8. The van der Waals surface area contributed by atoms with Crippen LogP contribution in [-0.4, -0.2) is 51.1 Å². The smallest absolute Gasteiger partial charge is 0.231 e. The lowest BCUT2D eigenvalue weighted by atomic mass is 9.96. The number of β-amino-alcohol motifs (C(OH)–C–C–N with tert-alkyl or cyclic N) is 1. The number of aliphatic hydroxyl groups is 1. The van der Waals surface area contributed by atoms with Gasteiger partial charge in [0.15, 0.2) is 11.5 Å². The van der Waals surface area contributed by atoms with Crippen LogP contribution in [0.5, 0.6) is 0 Å². The van der Waals surface area contributed by atoms with Crippen molar-refractivity contribution >= 4 is 34.4 Å². The van der Waals surface area contributed by atoms with Gasteiger partial charge in [0.1, 0.15) is 0 Å². The second kappa shape index (κ2) is 7.05. The first-order chi connectivity index (χ1) is 15.9. The summed E-state index contributed by atoms with van der Waals surface area (Å²) in [5.41, 5.74) is 5.84. The third-order valence-corrected chi connectivity index (χ3v) is 6.38. The van der Waals surface area contributed by atoms with Crippen molar-refractivity contribution in [2.24, 2.45) is 0 Å². The summed E-state index contributed by atoms with van der Waals surface area (Å²) in [4.78, 5) is 25.2. The summed E-state index contributed by atoms with van der Waals surface area (Å²) in [6, 6.07) is 14.1. The first-order valence-corrected chi connectivity index (χ1v) is 10.9. The van der Waals surface area contributed by atoms with Crippen molar-refractivity contribution in [3.8, 4) is 11.3 Å². The average Bonchev–Trinajstić information content (AvgIpc) is 3.37. The second-order valence-corrected chi connectivity index (χ2v) is 9.13. The molecule has 8 heteroatoms. The number of anilines is 4. The molecule has 0 bridgehead atoms. The Labute approximate surface area is 191 Å². The van der Waals surface area contributed by atoms with Gasteiger partial charge >= 0.3 is 0 Å². The highest BCUT2D eigenvalue weighted by atomic mass is 16.3. The molecule has 4 heterocycles. The van der Waals surface area contributed by atoms with E-state index in [0.717, 1.165) is 39.5 Å². The number of benzene rings is 2. The third-order valence-electron chi connectivity index (χ3n) is 6.38. The van der Waals surface area contributed by atoms with Crippen molar-refractivity contribution in [2.75, 3.05) is 35.3 Å². The molecule has 4 aromatic rings. The summed E-state index contributed by atoms with van der Waals surface area (Å²) in [5, 5.41) is 13.4. The molecule has 6 rings (SSSR count). The van der Waals surface area contributed by atoms with E-state index < -0.39 is 5.60 Å². The van der Waals surface area contributed by atoms with Crippen molar-refractivity contribution in [1.82, 2.24) is 14.4 Å². The SMILES string of the molecule is CN1C(=O)Cc2cc(-c3cn4ccnc4c(Nc4ccc(N5CC(C)(O)C5)cc4)n3)ccc21. The highest BCUT2D eigenvalue weighted by Gasteiger charge is 2.36. The minimum Gasteiger partial charge on any atom is -0.386 e. The molecule has 0 aliphatic carbocycles. The summed E-state index contributed by atoms with van der Waals surface area (Å²) >= 11 is 0. The van der Waals surface area contributed by atoms with Crippen LogP contribution < -0.4 is 15.1 Å². The van der Waals surface area contributed by atoms with E-state index in [1.54, 1.807) is 18.1 Å². The summed E-state index contributed by atoms with van der Waals surface area (Å²) in [6.45, 7) is 3.13. The minimum atomic E-state index is -0.603. The maximum Gasteiger partial charge on any atom is 0.231 e. The largest absolute Gasteiger partial charge is 0.386 e. The summed E-state index contributed by atoms with van der Waals surface area (Å²) in [7, 11) is 1.81. The summed E-state index contributed by atoms with van der Waals surface area (Å²) in [6.07, 6.45) is 6.02. The van der Waals surface area contributed by atoms with Gasteiger partial charge in [-0.1, -0.05) is 6.07 Å². The van der Waals surface area contributed by atoms with Gasteiger partial charge in [-0.3, -0.25) is 4.79 Å². The van der Waals surface area contributed by atoms with E-state index in [0.29, 0.717) is 25.3 Å². The number of carbonyl (C=O) groups excluding carboxylic acids is 1. The highest BCUT2D eigenvalue weighted by Crippen LogP contribution is 2.33. The molecule has 2 N–H and O–H groups in total. The van der Waals surface area contributed by atoms with Crippen LogP contribution in [0.2, 0.25) is 0 Å². The van der Waals surface area contributed by atoms with E-state index in [9.17, 15) is 9.90 Å². The van der Waals surface area contributed by atoms with Gasteiger partial charge in [0.05, 0.1) is 17.7 Å². The number of likely N-dealkylation sites (N-methyl/N-ethyl adjacent to an activating group) is 1. The Kier molecular flexibility index (Phi) is 4.22. The minimum absolute atomic E-state index is 0.104. The molecule has 0 atom stereocenters. The lowest BCUT2D eigenvalue weighted by Gasteiger charge is -2.45. The van der Waals surface area contributed by atoms with Crippen LogP contribution in [0.15, 0.2) is 61.1 Å². The van der Waals surface area contributed by atoms with Crippen molar-refractivity contribution < 1.29 is 9.90 Å². The number of imidazole rings is 1. The predicted octanol–water partition coefficient (Wildman–Crippen LogP) is 3.23. The fourth-order valence-electron chi connectivity index (χ4n) is 4.64. The number of rotatable bonds is 4. The normalized spacial score (nSPS) is 16.8. The summed E-state index contributed by atoms with van der Waals surface area (Å²) < 4.78 is 1.95. The van der Waals surface area contributed by atoms with Gasteiger partial charge in [0.25, 0.3) is 0 Å². The number of fused-ring (bicyclic) bond motifs is 2. The Morgan fingerprint density at radius 1 is 1.12 bits per heavy atom. The van der Waals surface area contributed by atoms with Crippen LogP contribution in [0.4, 0.5) is 22.9 Å². The van der Waals surface area contributed by atoms with Crippen LogP contribution in [0.25, 0.3) is 16.9 Å². The number of hydrogen-bond donors (Lipinski definition) is 2. The van der Waals surface area contributed by atoms with E-state index in [4.69, 9.17) is 4.98 Å². The number of aromatic nitrogens is 3. The third kappa shape index (κ3) is 3.39. The van der Waals surface area contributed by atoms with Crippen LogP contribution in [0, 0.1) is 0 Å². The van der Waals surface area contributed by atoms with Crippen molar-refractivity contribution in [1.29, 1.82) is 0 Å². The molecule has 0 saturated carbocycles. The molecule has 1 saturated heterocycles. The molecular weight excluding hydrogens is 416 g/mol. The maximum atomic E-state index is 12.1. The van der Waals surface area contributed by atoms with E-state index in [1.807, 2.05) is 66.2 Å². The Morgan fingerprint density at radius 2 is 1.91 bits per heavy atom. The van der Waals surface area contributed by atoms with Gasteiger partial charge in [-0.15, -0.1) is 0 Å². The van der Waals surface area contributed by atoms with Crippen molar-refractivity contribution in [3.05, 3.63) is 66.6 Å². The van der Waals surface area contributed by atoms with Gasteiger partial charge < -0.3 is 24.6 Å². The van der Waals surface area contributed by atoms with E-state index in [1.165, 1.54) is 0 Å². The molecule has 33 heavy (non-hydrogen) atoms. The molecule has 2 aliphatic rings. The number of hydrogen-bond acceptors (Lipinski definition) is 6. The maximum absolute atomic E-state index is 12.1. The lowest BCUT2D eigenvalue weighted by molar-refractivity contribution is -0.117. The fourth-order valence-corrected chi connectivity index (χ4v) is 4.64. The van der Waals surface area contributed by atoms with Crippen LogP contribution >= 0.6 is 0 Å². The number of carbonyl (C=O) groups is 1. The zero-order valence-electron chi connectivity index (χ0n) is 18.5. The highest BCUT2D eigenvalue weighted by molar-refractivity contribution is 6.01. The molecule has 1 amide bonds. The zero-order chi connectivity index (χ0) is 22.7. The van der Waals surface area contributed by atoms with E-state index in [-0.39, 0.29) is 5.91 Å². The van der Waals surface area contributed by atoms with Gasteiger partial charge in [0.2, 0.25) is 5.91 Å². The predicted molar refractivity (Wildman–Crippen MR) is 128 cm³/mol. The van der Waals surface area contributed by atoms with Crippen LogP contribution in [-0.2, 0) is 11.2 Å². The van der Waals surface area contributed by atoms with Gasteiger partial charge in [-0.25, -0.2) is 9.97 Å². The Morgan fingerprint density at radius 3 is 2.67 bits per heavy atom. The second-order valence-electron chi connectivity index (χ2n) is 9.13. The number of nitrogens with one attached hydrogen (secondary N) is 1. The molecule has 1 fully saturated rings. The Bertz CT molecular complexity index is 1380. The molecule has 0 spiro atoms. The quantitative estimate of drug-likeness (QED) is 0.507. The molecular formula is C25H24N6O2. The standard InChI is InChI=1S/C25H24N6O2/c1-25(33)14-31(15-25)19-6-4-18(5-7-19)27-23-24-26-9-10-30(24)13-20(28-23)16-3-8-21-17(11-16)12-22(32)29(21)2/h3-11,13,33H,12,14-15H2,1-2H3,(H,27,28). The van der Waals surface area contributed by atoms with E-state index >= 15 is 0 Å². The lowest BCUT2D eigenvalue weighted by Crippen LogP contribution is -2.60.